The molecule has 0 spiro atoms. The summed E-state index contributed by atoms with van der Waals surface area (Å²) < 4.78 is 37.2. The third-order valence-electron chi connectivity index (χ3n) is 2.63. The molecule has 1 heterocycles. The number of nitrogens with zero attached hydrogens (tertiary/aromatic N) is 2. The lowest BCUT2D eigenvalue weighted by Crippen LogP contribution is -2.07. The summed E-state index contributed by atoms with van der Waals surface area (Å²) in [5, 5.41) is 2.99. The number of halogens is 3. The van der Waals surface area contributed by atoms with Gasteiger partial charge in [0.2, 0.25) is 5.95 Å². The smallest absolute Gasteiger partial charge is 0.368 e. The van der Waals surface area contributed by atoms with Gasteiger partial charge in [0.15, 0.2) is 0 Å². The molecule has 0 aliphatic rings. The lowest BCUT2D eigenvalue weighted by atomic mass is 10.1. The first kappa shape index (κ1) is 14.1. The van der Waals surface area contributed by atoms with Crippen LogP contribution in [0.2, 0.25) is 0 Å². The van der Waals surface area contributed by atoms with Gasteiger partial charge in [-0.25, -0.2) is 4.98 Å². The predicted molar refractivity (Wildman–Crippen MR) is 70.0 cm³/mol. The first-order valence-corrected chi connectivity index (χ1v) is 5.86. The van der Waals surface area contributed by atoms with Crippen molar-refractivity contribution in [2.75, 3.05) is 11.1 Å². The third-order valence-corrected chi connectivity index (χ3v) is 2.63. The summed E-state index contributed by atoms with van der Waals surface area (Å²) in [7, 11) is 0. The summed E-state index contributed by atoms with van der Waals surface area (Å²) in [6.07, 6.45) is -4.32. The van der Waals surface area contributed by atoms with Crippen LogP contribution in [0.4, 0.5) is 24.9 Å². The van der Waals surface area contributed by atoms with E-state index >= 15 is 0 Å². The molecule has 0 atom stereocenters. The highest BCUT2D eigenvalue weighted by Crippen LogP contribution is 2.29. The van der Waals surface area contributed by atoms with Gasteiger partial charge in [0.05, 0.1) is 5.56 Å². The number of alkyl halides is 3. The first-order chi connectivity index (χ1) is 9.34. The zero-order chi connectivity index (χ0) is 14.8. The molecule has 0 saturated carbocycles. The average Bonchev–Trinajstić information content (AvgIpc) is 2.35. The number of nitrogens with one attached hydrogen (secondary N) is 1. The molecule has 0 radical (unpaired) electrons. The van der Waals surface area contributed by atoms with Crippen LogP contribution in [-0.2, 0) is 12.7 Å². The van der Waals surface area contributed by atoms with E-state index in [2.05, 4.69) is 15.3 Å². The SMILES string of the molecule is Cc1cc(NCc2ccc(C(F)(F)F)cc2)nc(N)n1. The fourth-order valence-electron chi connectivity index (χ4n) is 1.69. The van der Waals surface area contributed by atoms with Gasteiger partial charge < -0.3 is 11.1 Å². The Morgan fingerprint density at radius 3 is 2.35 bits per heavy atom. The number of hydrogen-bond donors (Lipinski definition) is 2. The van der Waals surface area contributed by atoms with Crippen molar-refractivity contribution in [2.45, 2.75) is 19.6 Å². The van der Waals surface area contributed by atoms with E-state index in [0.717, 1.165) is 12.1 Å². The number of hydrogen-bond acceptors (Lipinski definition) is 4. The Morgan fingerprint density at radius 2 is 1.80 bits per heavy atom. The van der Waals surface area contributed by atoms with E-state index in [-0.39, 0.29) is 5.95 Å². The van der Waals surface area contributed by atoms with Crippen molar-refractivity contribution in [2.24, 2.45) is 0 Å². The number of aryl methyl sites for hydroxylation is 1. The van der Waals surface area contributed by atoms with E-state index in [1.165, 1.54) is 12.1 Å². The quantitative estimate of drug-likeness (QED) is 0.908. The van der Waals surface area contributed by atoms with Gasteiger partial charge in [-0.1, -0.05) is 12.1 Å². The van der Waals surface area contributed by atoms with Crippen LogP contribution in [0, 0.1) is 6.92 Å². The van der Waals surface area contributed by atoms with Gasteiger partial charge in [0, 0.05) is 18.3 Å². The van der Waals surface area contributed by atoms with Crippen molar-refractivity contribution in [3.05, 3.63) is 47.2 Å². The molecule has 0 bridgehead atoms. The molecular formula is C13H13F3N4. The second kappa shape index (κ2) is 5.36. The van der Waals surface area contributed by atoms with E-state index in [9.17, 15) is 13.2 Å². The summed E-state index contributed by atoms with van der Waals surface area (Å²) in [4.78, 5) is 7.91. The van der Waals surface area contributed by atoms with Crippen LogP contribution in [0.5, 0.6) is 0 Å². The fraction of sp³-hybridized carbons (Fsp3) is 0.231. The third kappa shape index (κ3) is 3.59. The molecule has 2 rings (SSSR count). The maximum atomic E-state index is 12.4. The Balaban J connectivity index is 2.04. The van der Waals surface area contributed by atoms with Crippen LogP contribution in [0.25, 0.3) is 0 Å². The Kier molecular flexibility index (Phi) is 3.78. The average molecular weight is 282 g/mol. The van der Waals surface area contributed by atoms with E-state index in [1.54, 1.807) is 13.0 Å². The highest BCUT2D eigenvalue weighted by atomic mass is 19.4. The van der Waals surface area contributed by atoms with Gasteiger partial charge >= 0.3 is 6.18 Å². The van der Waals surface area contributed by atoms with Crippen LogP contribution in [0.3, 0.4) is 0 Å². The van der Waals surface area contributed by atoms with Crippen molar-refractivity contribution in [1.29, 1.82) is 0 Å². The summed E-state index contributed by atoms with van der Waals surface area (Å²) in [6.45, 7) is 2.13. The van der Waals surface area contributed by atoms with Gasteiger partial charge in [-0.2, -0.15) is 18.2 Å². The molecule has 3 N–H and O–H groups in total. The summed E-state index contributed by atoms with van der Waals surface area (Å²) in [5.74, 6) is 0.690. The van der Waals surface area contributed by atoms with Crippen LogP contribution < -0.4 is 11.1 Å². The zero-order valence-corrected chi connectivity index (χ0v) is 10.7. The molecule has 7 heteroatoms. The molecule has 2 aromatic rings. The van der Waals surface area contributed by atoms with E-state index < -0.39 is 11.7 Å². The normalized spacial score (nSPS) is 11.4. The lowest BCUT2D eigenvalue weighted by molar-refractivity contribution is -0.137. The zero-order valence-electron chi connectivity index (χ0n) is 10.7. The summed E-state index contributed by atoms with van der Waals surface area (Å²) >= 11 is 0. The van der Waals surface area contributed by atoms with Crippen molar-refractivity contribution < 1.29 is 13.2 Å². The molecule has 1 aromatic carbocycles. The molecule has 4 nitrogen and oxygen atoms in total. The molecule has 0 amide bonds. The number of nitrogen functional groups attached to an aromatic ring is 1. The maximum absolute atomic E-state index is 12.4. The molecule has 1 aromatic heterocycles. The number of benzene rings is 1. The first-order valence-electron chi connectivity index (χ1n) is 5.86. The van der Waals surface area contributed by atoms with E-state index in [1.807, 2.05) is 0 Å². The predicted octanol–water partition coefficient (Wildman–Crippen LogP) is 3.00. The van der Waals surface area contributed by atoms with Crippen LogP contribution in [0.15, 0.2) is 30.3 Å². The molecular weight excluding hydrogens is 269 g/mol. The molecule has 0 aliphatic carbocycles. The Hall–Kier alpha value is -2.31. The van der Waals surface area contributed by atoms with Gasteiger partial charge in [-0.05, 0) is 24.6 Å². The van der Waals surface area contributed by atoms with Crippen molar-refractivity contribution in [3.63, 3.8) is 0 Å². The molecule has 0 unspecified atom stereocenters. The second-order valence-electron chi connectivity index (χ2n) is 4.30. The second-order valence-corrected chi connectivity index (χ2v) is 4.30. The Labute approximate surface area is 113 Å². The Bertz CT molecular complexity index is 573. The van der Waals surface area contributed by atoms with Gasteiger partial charge in [0.1, 0.15) is 5.82 Å². The maximum Gasteiger partial charge on any atom is 0.416 e. The largest absolute Gasteiger partial charge is 0.416 e. The highest BCUT2D eigenvalue weighted by Gasteiger charge is 2.29. The lowest BCUT2D eigenvalue weighted by Gasteiger charge is -2.09. The molecule has 0 saturated heterocycles. The number of nitrogens with two attached hydrogens (primary N) is 1. The minimum absolute atomic E-state index is 0.153. The Morgan fingerprint density at radius 1 is 1.15 bits per heavy atom. The van der Waals surface area contributed by atoms with Gasteiger partial charge in [0.25, 0.3) is 0 Å². The fourth-order valence-corrected chi connectivity index (χ4v) is 1.69. The standard InChI is InChI=1S/C13H13F3N4/c1-8-6-11(20-12(17)19-8)18-7-9-2-4-10(5-3-9)13(14,15)16/h2-6H,7H2,1H3,(H3,17,18,19,20). The van der Waals surface area contributed by atoms with E-state index in [0.29, 0.717) is 23.6 Å². The van der Waals surface area contributed by atoms with Crippen molar-refractivity contribution in [3.8, 4) is 0 Å². The van der Waals surface area contributed by atoms with Crippen LogP contribution in [-0.4, -0.2) is 9.97 Å². The number of aromatic nitrogens is 2. The minimum atomic E-state index is -4.32. The van der Waals surface area contributed by atoms with Crippen molar-refractivity contribution >= 4 is 11.8 Å². The number of anilines is 2. The summed E-state index contributed by atoms with van der Waals surface area (Å²) in [6, 6.07) is 6.66. The highest BCUT2D eigenvalue weighted by molar-refractivity contribution is 5.41. The van der Waals surface area contributed by atoms with Crippen molar-refractivity contribution in [1.82, 2.24) is 9.97 Å². The van der Waals surface area contributed by atoms with Gasteiger partial charge in [-0.3, -0.25) is 0 Å². The number of rotatable bonds is 3. The monoisotopic (exact) mass is 282 g/mol. The summed E-state index contributed by atoms with van der Waals surface area (Å²) in [5.41, 5.74) is 6.28. The van der Waals surface area contributed by atoms with E-state index in [4.69, 9.17) is 5.73 Å². The molecule has 0 fully saturated rings. The minimum Gasteiger partial charge on any atom is -0.368 e. The van der Waals surface area contributed by atoms with Crippen LogP contribution in [0.1, 0.15) is 16.8 Å². The molecule has 0 aliphatic heterocycles. The van der Waals surface area contributed by atoms with Gasteiger partial charge in [-0.15, -0.1) is 0 Å². The molecule has 106 valence electrons. The topological polar surface area (TPSA) is 63.8 Å². The van der Waals surface area contributed by atoms with Crippen LogP contribution >= 0.6 is 0 Å². The molecule has 20 heavy (non-hydrogen) atoms.